The Hall–Kier alpha value is -3.78. The molecule has 9 nitrogen and oxygen atoms in total. The number of carbonyl (C=O) groups is 4. The maximum absolute atomic E-state index is 15.9. The molecule has 4 rings (SSSR count). The van der Waals surface area contributed by atoms with Crippen LogP contribution in [0.4, 0.5) is 44.2 Å². The van der Waals surface area contributed by atoms with Crippen LogP contribution in [0, 0.1) is 29.2 Å². The quantitative estimate of drug-likeness (QED) is 0.190. The Kier molecular flexibility index (Phi) is 11.0. The molecule has 2 atom stereocenters. The first-order valence-corrected chi connectivity index (χ1v) is 16.1. The van der Waals surface area contributed by atoms with Gasteiger partial charge in [-0.2, -0.15) is 4.90 Å². The molecule has 0 aliphatic heterocycles. The van der Waals surface area contributed by atoms with Gasteiger partial charge in [-0.15, -0.1) is 23.2 Å². The van der Waals surface area contributed by atoms with Crippen molar-refractivity contribution in [3.8, 4) is 0 Å². The fourth-order valence-electron chi connectivity index (χ4n) is 4.72. The topological polar surface area (TPSA) is 114 Å². The van der Waals surface area contributed by atoms with Crippen molar-refractivity contribution in [1.29, 1.82) is 0 Å². The highest BCUT2D eigenvalue weighted by Crippen LogP contribution is 2.65. The molecule has 1 aliphatic carbocycles. The number of halogens is 8. The van der Waals surface area contributed by atoms with Crippen LogP contribution in [0.3, 0.4) is 0 Å². The summed E-state index contributed by atoms with van der Waals surface area (Å²) in [5.74, 6) is -8.83. The third-order valence-electron chi connectivity index (χ3n) is 6.87. The van der Waals surface area contributed by atoms with Gasteiger partial charge in [-0.1, -0.05) is 29.3 Å². The van der Waals surface area contributed by atoms with E-state index in [1.54, 1.807) is 0 Å². The average Bonchev–Trinajstić information content (AvgIpc) is 3.55. The number of nitrogens with zero attached hydrogens (tertiary/aromatic N) is 1. The van der Waals surface area contributed by atoms with E-state index < -0.39 is 96.6 Å². The molecule has 0 saturated heterocycles. The second-order valence-electron chi connectivity index (χ2n) is 13.1. The zero-order valence-corrected chi connectivity index (χ0v) is 30.1. The summed E-state index contributed by atoms with van der Waals surface area (Å²) in [5.41, 5.74) is -4.94. The maximum Gasteiger partial charge on any atom is 0.424 e. The zero-order valence-electron chi connectivity index (χ0n) is 27.1. The van der Waals surface area contributed by atoms with E-state index in [9.17, 15) is 28.0 Å². The number of ether oxygens (including phenoxy) is 2. The van der Waals surface area contributed by atoms with Gasteiger partial charge >= 0.3 is 12.2 Å². The summed E-state index contributed by atoms with van der Waals surface area (Å²) in [7, 11) is 0. The Bertz CT molecular complexity index is 1870. The summed E-state index contributed by atoms with van der Waals surface area (Å²) < 4.78 is 68.4. The van der Waals surface area contributed by atoms with Crippen LogP contribution in [0.5, 0.6) is 0 Å². The molecule has 50 heavy (non-hydrogen) atoms. The number of alkyl halides is 2. The monoisotopic (exact) mass is 779 g/mol. The molecule has 2 N–H and O–H groups in total. The van der Waals surface area contributed by atoms with Crippen LogP contribution in [0.2, 0.25) is 10.0 Å². The number of nitrogens with one attached hydrogen (secondary N) is 2. The molecule has 3 aromatic rings. The summed E-state index contributed by atoms with van der Waals surface area (Å²) in [5, 5.41) is 3.53. The molecule has 0 heterocycles. The first kappa shape index (κ1) is 39.0. The number of hydrogen-bond donors (Lipinski definition) is 2. The average molecular weight is 781 g/mol. The fraction of sp³-hybridized carbons (Fsp3) is 0.333. The molecule has 1 fully saturated rings. The molecule has 0 aromatic heterocycles. The van der Waals surface area contributed by atoms with Crippen molar-refractivity contribution in [3.05, 3.63) is 86.9 Å². The molecule has 4 amide bonds. The van der Waals surface area contributed by atoms with Gasteiger partial charge < -0.3 is 20.1 Å². The van der Waals surface area contributed by atoms with Crippen molar-refractivity contribution >= 4 is 87.5 Å². The number of benzene rings is 3. The van der Waals surface area contributed by atoms with E-state index in [1.807, 2.05) is 0 Å². The Morgan fingerprint density at radius 2 is 1.34 bits per heavy atom. The molecule has 17 heteroatoms. The SMILES string of the molecule is CC(C)(C)OC(=O)N(C(=O)OC(C)(C)C)c1c(F)ccc(NC(=O)c2cc(NC(=O)[C@H]3[C@H](c4ccc(F)c(Cl)c4)C3(Cl)Cl)cc(F)c2Cl)c1F. The van der Waals surface area contributed by atoms with Crippen molar-refractivity contribution in [2.24, 2.45) is 5.92 Å². The molecular weight excluding hydrogens is 752 g/mol. The van der Waals surface area contributed by atoms with E-state index in [0.29, 0.717) is 11.6 Å². The number of imide groups is 1. The predicted octanol–water partition coefficient (Wildman–Crippen LogP) is 10.0. The molecule has 268 valence electrons. The van der Waals surface area contributed by atoms with E-state index in [4.69, 9.17) is 55.9 Å². The molecule has 0 radical (unpaired) electrons. The van der Waals surface area contributed by atoms with Gasteiger partial charge in [0.25, 0.3) is 5.91 Å². The van der Waals surface area contributed by atoms with Gasteiger partial charge in [-0.25, -0.2) is 27.2 Å². The molecular formula is C33H29Cl4F4N3O6. The van der Waals surface area contributed by atoms with Crippen molar-refractivity contribution in [2.75, 3.05) is 15.5 Å². The second-order valence-corrected chi connectivity index (χ2v) is 15.3. The third-order valence-corrected chi connectivity index (χ3v) is 8.48. The highest BCUT2D eigenvalue weighted by Gasteiger charge is 2.67. The van der Waals surface area contributed by atoms with E-state index in [2.05, 4.69) is 10.6 Å². The van der Waals surface area contributed by atoms with Gasteiger partial charge in [-0.05, 0) is 83.5 Å². The number of anilines is 3. The van der Waals surface area contributed by atoms with Gasteiger partial charge in [-0.3, -0.25) is 9.59 Å². The molecule has 0 unspecified atom stereocenters. The fourth-order valence-corrected chi connectivity index (χ4v) is 5.94. The first-order valence-electron chi connectivity index (χ1n) is 14.6. The van der Waals surface area contributed by atoms with Crippen LogP contribution in [-0.2, 0) is 14.3 Å². The van der Waals surface area contributed by atoms with E-state index >= 15 is 8.78 Å². The Morgan fingerprint density at radius 1 is 0.780 bits per heavy atom. The lowest BCUT2D eigenvalue weighted by Crippen LogP contribution is -2.44. The minimum Gasteiger partial charge on any atom is -0.443 e. The summed E-state index contributed by atoms with van der Waals surface area (Å²) in [6, 6.07) is 6.88. The Balaban J connectivity index is 1.63. The standard InChI is InChI=1S/C33H29Cl4F4N3O6/c1-31(2,3)49-29(47)44(30(48)50-32(4,5)6)26-19(39)9-10-21(25(26)41)43-27(45)16-12-15(13-20(40)24(16)35)42-28(46)23-22(33(23,36)37)14-7-8-18(38)17(34)11-14/h7-13,22-23H,1-6H3,(H,42,46)(H,43,45)/t22-,23+/m0/s1. The van der Waals surface area contributed by atoms with Crippen molar-refractivity contribution in [2.45, 2.75) is 63.0 Å². The first-order chi connectivity index (χ1) is 22.9. The van der Waals surface area contributed by atoms with E-state index in [0.717, 1.165) is 24.3 Å². The van der Waals surface area contributed by atoms with E-state index in [1.165, 1.54) is 53.7 Å². The van der Waals surface area contributed by atoms with Gasteiger partial charge in [0.2, 0.25) is 5.91 Å². The lowest BCUT2D eigenvalue weighted by Gasteiger charge is -2.29. The van der Waals surface area contributed by atoms with Crippen molar-refractivity contribution in [3.63, 3.8) is 0 Å². The minimum absolute atomic E-state index is 0.00155. The number of hydrogen-bond acceptors (Lipinski definition) is 6. The number of rotatable bonds is 6. The maximum atomic E-state index is 15.9. The van der Waals surface area contributed by atoms with Crippen LogP contribution in [0.1, 0.15) is 63.4 Å². The smallest absolute Gasteiger partial charge is 0.424 e. The molecule has 1 aliphatic rings. The van der Waals surface area contributed by atoms with Gasteiger partial charge in [0.15, 0.2) is 11.6 Å². The predicted molar refractivity (Wildman–Crippen MR) is 181 cm³/mol. The van der Waals surface area contributed by atoms with Crippen LogP contribution < -0.4 is 15.5 Å². The Labute approximate surface area is 304 Å². The van der Waals surface area contributed by atoms with E-state index in [-0.39, 0.29) is 15.6 Å². The molecule has 1 saturated carbocycles. The van der Waals surface area contributed by atoms with Crippen molar-refractivity contribution in [1.82, 2.24) is 0 Å². The van der Waals surface area contributed by atoms with Crippen LogP contribution >= 0.6 is 46.4 Å². The summed E-state index contributed by atoms with van der Waals surface area (Å²) in [6.45, 7) is 8.71. The zero-order chi connectivity index (χ0) is 37.7. The third kappa shape index (κ3) is 8.56. The van der Waals surface area contributed by atoms with Crippen LogP contribution in [0.15, 0.2) is 42.5 Å². The lowest BCUT2D eigenvalue weighted by molar-refractivity contribution is -0.117. The highest BCUT2D eigenvalue weighted by atomic mass is 35.5. The van der Waals surface area contributed by atoms with Crippen LogP contribution in [-0.4, -0.2) is 39.5 Å². The molecule has 0 bridgehead atoms. The molecule has 3 aromatic carbocycles. The largest absolute Gasteiger partial charge is 0.443 e. The lowest BCUT2D eigenvalue weighted by atomic mass is 10.1. The van der Waals surface area contributed by atoms with Gasteiger partial charge in [0.05, 0.1) is 27.2 Å². The summed E-state index contributed by atoms with van der Waals surface area (Å²) >= 11 is 24.6. The number of amides is 4. The molecule has 0 spiro atoms. The van der Waals surface area contributed by atoms with Gasteiger partial charge in [0, 0.05) is 11.6 Å². The highest BCUT2D eigenvalue weighted by molar-refractivity contribution is 6.53. The minimum atomic E-state index is -1.64. The number of carbonyl (C=O) groups excluding carboxylic acids is 4. The Morgan fingerprint density at radius 3 is 1.88 bits per heavy atom. The van der Waals surface area contributed by atoms with Gasteiger partial charge in [0.1, 0.15) is 32.9 Å². The normalized spacial score (nSPS) is 16.7. The summed E-state index contributed by atoms with van der Waals surface area (Å²) in [4.78, 5) is 52.5. The van der Waals surface area contributed by atoms with Crippen molar-refractivity contribution < 1.29 is 46.2 Å². The second kappa shape index (κ2) is 14.1. The summed E-state index contributed by atoms with van der Waals surface area (Å²) in [6.07, 6.45) is -2.97. The van der Waals surface area contributed by atoms with Crippen LogP contribution in [0.25, 0.3) is 0 Å².